The van der Waals surface area contributed by atoms with Crippen molar-refractivity contribution < 1.29 is 23.9 Å². The molecule has 0 saturated heterocycles. The summed E-state index contributed by atoms with van der Waals surface area (Å²) in [5.41, 5.74) is 0. The highest BCUT2D eigenvalue weighted by Crippen LogP contribution is 2.11. The first-order chi connectivity index (χ1) is 12.1. The molecular weight excluding hydrogens is 358 g/mol. The Labute approximate surface area is 156 Å². The van der Waals surface area contributed by atoms with Crippen molar-refractivity contribution in [3.63, 3.8) is 0 Å². The minimum absolute atomic E-state index is 0.140. The maximum absolute atomic E-state index is 12.4. The normalized spacial score (nSPS) is 13.0. The van der Waals surface area contributed by atoms with Gasteiger partial charge in [-0.25, -0.2) is 9.59 Å². The molecule has 2 atom stereocenters. The van der Waals surface area contributed by atoms with Crippen LogP contribution in [0.25, 0.3) is 0 Å². The molecule has 0 fully saturated rings. The van der Waals surface area contributed by atoms with E-state index in [1.807, 2.05) is 0 Å². The number of rotatable bonds is 7. The van der Waals surface area contributed by atoms with Crippen molar-refractivity contribution >= 4 is 35.2 Å². The van der Waals surface area contributed by atoms with Gasteiger partial charge < -0.3 is 15.4 Å². The lowest BCUT2D eigenvalue weighted by atomic mass is 10.0. The van der Waals surface area contributed by atoms with Crippen LogP contribution in [0.5, 0.6) is 0 Å². The Morgan fingerprint density at radius 1 is 1.04 bits per heavy atom. The van der Waals surface area contributed by atoms with Crippen LogP contribution in [0, 0.1) is 5.92 Å². The van der Waals surface area contributed by atoms with Gasteiger partial charge >= 0.3 is 12.0 Å². The molecule has 0 saturated carbocycles. The average molecular weight is 383 g/mol. The fourth-order valence-corrected chi connectivity index (χ4v) is 2.56. The lowest BCUT2D eigenvalue weighted by molar-refractivity contribution is -0.157. The van der Waals surface area contributed by atoms with Crippen LogP contribution >= 0.6 is 11.3 Å². The second-order valence-corrected chi connectivity index (χ2v) is 7.32. The lowest BCUT2D eigenvalue weighted by Gasteiger charge is -2.22. The summed E-state index contributed by atoms with van der Waals surface area (Å²) < 4.78 is 5.12. The molecule has 0 aliphatic heterocycles. The molecule has 0 aliphatic carbocycles. The van der Waals surface area contributed by atoms with E-state index in [0.717, 1.165) is 0 Å². The van der Waals surface area contributed by atoms with Gasteiger partial charge in [0.15, 0.2) is 6.10 Å². The molecule has 3 N–H and O–H groups in total. The molecule has 0 spiro atoms. The van der Waals surface area contributed by atoms with E-state index in [9.17, 15) is 19.2 Å². The summed E-state index contributed by atoms with van der Waals surface area (Å²) in [6.07, 6.45) is -1.18. The molecule has 1 heterocycles. The second-order valence-electron chi connectivity index (χ2n) is 6.37. The molecule has 1 aromatic heterocycles. The Morgan fingerprint density at radius 2 is 1.69 bits per heavy atom. The fourth-order valence-electron chi connectivity index (χ4n) is 1.93. The van der Waals surface area contributed by atoms with Gasteiger partial charge in [-0.15, -0.1) is 11.3 Å². The van der Waals surface area contributed by atoms with Gasteiger partial charge in [-0.3, -0.25) is 14.9 Å². The number of ether oxygens (including phenoxy) is 1. The number of carbonyl (C=O) groups is 4. The summed E-state index contributed by atoms with van der Waals surface area (Å²) in [6, 6.07) is 1.66. The van der Waals surface area contributed by atoms with Crippen molar-refractivity contribution in [2.24, 2.45) is 5.92 Å². The van der Waals surface area contributed by atoms with Crippen molar-refractivity contribution in [3.05, 3.63) is 22.4 Å². The molecular formula is C17H25N3O5S. The summed E-state index contributed by atoms with van der Waals surface area (Å²) in [5, 5.41) is 8.97. The predicted octanol–water partition coefficient (Wildman–Crippen LogP) is 1.67. The van der Waals surface area contributed by atoms with Crippen LogP contribution in [0.15, 0.2) is 17.5 Å². The minimum atomic E-state index is -1.18. The van der Waals surface area contributed by atoms with E-state index in [4.69, 9.17) is 4.74 Å². The average Bonchev–Trinajstić information content (AvgIpc) is 3.05. The van der Waals surface area contributed by atoms with Crippen molar-refractivity contribution in [2.75, 3.05) is 0 Å². The first-order valence-corrected chi connectivity index (χ1v) is 9.16. The third-order valence-corrected chi connectivity index (χ3v) is 4.14. The van der Waals surface area contributed by atoms with Crippen LogP contribution in [0.3, 0.4) is 0 Å². The van der Waals surface area contributed by atoms with E-state index < -0.39 is 30.1 Å². The molecule has 1 aromatic rings. The van der Waals surface area contributed by atoms with E-state index in [0.29, 0.717) is 4.88 Å². The van der Waals surface area contributed by atoms with Crippen LogP contribution < -0.4 is 16.0 Å². The number of hydrogen-bond donors (Lipinski definition) is 3. The van der Waals surface area contributed by atoms with Crippen molar-refractivity contribution in [2.45, 2.75) is 52.8 Å². The van der Waals surface area contributed by atoms with Gasteiger partial charge in [0.1, 0.15) is 6.04 Å². The first-order valence-electron chi connectivity index (χ1n) is 8.28. The van der Waals surface area contributed by atoms with Gasteiger partial charge in [0.05, 0.1) is 4.88 Å². The van der Waals surface area contributed by atoms with E-state index in [1.165, 1.54) is 18.3 Å². The van der Waals surface area contributed by atoms with E-state index >= 15 is 0 Å². The zero-order chi connectivity index (χ0) is 19.9. The van der Waals surface area contributed by atoms with Crippen LogP contribution in [0.1, 0.15) is 44.3 Å². The number of amides is 4. The highest BCUT2D eigenvalue weighted by molar-refractivity contribution is 7.12. The third-order valence-electron chi connectivity index (χ3n) is 3.27. The second kappa shape index (κ2) is 9.91. The number of imide groups is 1. The SMILES string of the molecule is CC(C)NC(=O)NC(=O)C(C)OC(=O)C(NC(=O)c1cccs1)C(C)C. The molecule has 144 valence electrons. The summed E-state index contributed by atoms with van der Waals surface area (Å²) in [6.45, 7) is 8.35. The quantitative estimate of drug-likeness (QED) is 0.620. The van der Waals surface area contributed by atoms with Crippen LogP contribution in [-0.4, -0.2) is 42.0 Å². The van der Waals surface area contributed by atoms with Gasteiger partial charge in [-0.05, 0) is 38.1 Å². The largest absolute Gasteiger partial charge is 0.451 e. The van der Waals surface area contributed by atoms with Crippen molar-refractivity contribution in [1.82, 2.24) is 16.0 Å². The zero-order valence-corrected chi connectivity index (χ0v) is 16.3. The van der Waals surface area contributed by atoms with Crippen LogP contribution in [-0.2, 0) is 14.3 Å². The molecule has 0 radical (unpaired) electrons. The molecule has 1 rings (SSSR count). The Hall–Kier alpha value is -2.42. The van der Waals surface area contributed by atoms with Gasteiger partial charge in [-0.1, -0.05) is 19.9 Å². The topological polar surface area (TPSA) is 114 Å². The standard InChI is InChI=1S/C17H25N3O5S/c1-9(2)13(19-15(22)12-7-6-8-26-12)16(23)25-11(5)14(21)20-17(24)18-10(3)4/h6-11,13H,1-5H3,(H,19,22)(H2,18,20,21,24). The Morgan fingerprint density at radius 3 is 2.19 bits per heavy atom. The lowest BCUT2D eigenvalue weighted by Crippen LogP contribution is -2.49. The molecule has 0 bridgehead atoms. The van der Waals surface area contributed by atoms with Crippen molar-refractivity contribution in [3.8, 4) is 0 Å². The summed E-state index contributed by atoms with van der Waals surface area (Å²) in [5.74, 6) is -2.12. The minimum Gasteiger partial charge on any atom is -0.451 e. The summed E-state index contributed by atoms with van der Waals surface area (Å²) in [4.78, 5) is 48.4. The smallest absolute Gasteiger partial charge is 0.329 e. The maximum atomic E-state index is 12.4. The molecule has 0 aliphatic rings. The number of esters is 1. The third kappa shape index (κ3) is 6.83. The molecule has 4 amide bonds. The number of urea groups is 1. The molecule has 0 aromatic carbocycles. The number of nitrogens with one attached hydrogen (secondary N) is 3. The molecule has 9 heteroatoms. The van der Waals surface area contributed by atoms with E-state index in [1.54, 1.807) is 45.2 Å². The monoisotopic (exact) mass is 383 g/mol. The Kier molecular flexibility index (Phi) is 8.24. The maximum Gasteiger partial charge on any atom is 0.329 e. The van der Waals surface area contributed by atoms with Crippen molar-refractivity contribution in [1.29, 1.82) is 0 Å². The summed E-state index contributed by atoms with van der Waals surface area (Å²) in [7, 11) is 0. The number of hydrogen-bond acceptors (Lipinski definition) is 6. The molecule has 2 unspecified atom stereocenters. The molecule has 26 heavy (non-hydrogen) atoms. The fraction of sp³-hybridized carbons (Fsp3) is 0.529. The number of carbonyl (C=O) groups excluding carboxylic acids is 4. The highest BCUT2D eigenvalue weighted by Gasteiger charge is 2.29. The van der Waals surface area contributed by atoms with Gasteiger partial charge in [-0.2, -0.15) is 0 Å². The summed E-state index contributed by atoms with van der Waals surface area (Å²) >= 11 is 1.25. The molecule has 8 nitrogen and oxygen atoms in total. The van der Waals surface area contributed by atoms with E-state index in [-0.39, 0.29) is 17.9 Å². The highest BCUT2D eigenvalue weighted by atomic mass is 32.1. The van der Waals surface area contributed by atoms with Crippen LogP contribution in [0.4, 0.5) is 4.79 Å². The van der Waals surface area contributed by atoms with Gasteiger partial charge in [0.2, 0.25) is 0 Å². The van der Waals surface area contributed by atoms with E-state index in [2.05, 4.69) is 16.0 Å². The van der Waals surface area contributed by atoms with Crippen LogP contribution in [0.2, 0.25) is 0 Å². The number of thiophene rings is 1. The zero-order valence-electron chi connectivity index (χ0n) is 15.5. The Bertz CT molecular complexity index is 643. The predicted molar refractivity (Wildman–Crippen MR) is 97.8 cm³/mol. The Balaban J connectivity index is 2.64. The van der Waals surface area contributed by atoms with Gasteiger partial charge in [0, 0.05) is 6.04 Å². The van der Waals surface area contributed by atoms with Gasteiger partial charge in [0.25, 0.3) is 11.8 Å². The first kappa shape index (κ1) is 21.6.